The Morgan fingerprint density at radius 1 is 1.27 bits per heavy atom. The minimum absolute atomic E-state index is 0.211. The van der Waals surface area contributed by atoms with E-state index in [1.165, 1.54) is 23.7 Å². The molecule has 0 saturated carbocycles. The number of fused-ring (bicyclic) bond motifs is 1. The molecule has 8 heteroatoms. The smallest absolute Gasteiger partial charge is 0.266 e. The maximum Gasteiger partial charge on any atom is 0.266 e. The lowest BCUT2D eigenvalue weighted by molar-refractivity contribution is 0.103. The normalized spacial score (nSPS) is 14.7. The van der Waals surface area contributed by atoms with Crippen molar-refractivity contribution in [1.29, 1.82) is 0 Å². The number of benzene rings is 1. The summed E-state index contributed by atoms with van der Waals surface area (Å²) in [4.78, 5) is 26.9. The van der Waals surface area contributed by atoms with E-state index in [0.29, 0.717) is 44.5 Å². The fourth-order valence-corrected chi connectivity index (χ4v) is 3.66. The number of nitrogens with one attached hydrogen (secondary N) is 1. The molecule has 6 nitrogen and oxygen atoms in total. The van der Waals surface area contributed by atoms with E-state index in [9.17, 15) is 9.59 Å². The van der Waals surface area contributed by atoms with Gasteiger partial charge in [-0.2, -0.15) is 0 Å². The molecule has 0 spiro atoms. The quantitative estimate of drug-likeness (QED) is 0.692. The number of carbonyl (C=O) groups is 1. The molecule has 26 heavy (non-hydrogen) atoms. The van der Waals surface area contributed by atoms with E-state index in [-0.39, 0.29) is 17.1 Å². The summed E-state index contributed by atoms with van der Waals surface area (Å²) < 4.78 is 16.9. The van der Waals surface area contributed by atoms with E-state index in [1.807, 2.05) is 0 Å². The van der Waals surface area contributed by atoms with E-state index in [1.54, 1.807) is 30.3 Å². The molecule has 0 atom stereocenters. The summed E-state index contributed by atoms with van der Waals surface area (Å²) in [6, 6.07) is 6.65. The maximum atomic E-state index is 12.2. The monoisotopic (exact) mass is 389 g/mol. The number of aromatic amines is 1. The third-order valence-electron chi connectivity index (χ3n) is 3.62. The first kappa shape index (κ1) is 16.7. The molecule has 1 N–H and O–H groups in total. The van der Waals surface area contributed by atoms with Gasteiger partial charge in [0.2, 0.25) is 5.78 Å². The van der Waals surface area contributed by atoms with Crippen LogP contribution < -0.4 is 24.2 Å². The second-order valence-corrected chi connectivity index (χ2v) is 6.93. The van der Waals surface area contributed by atoms with Crippen molar-refractivity contribution < 1.29 is 18.7 Å². The fraction of sp³-hybridized carbons (Fsp3) is 0.111. The van der Waals surface area contributed by atoms with Crippen LogP contribution in [0.3, 0.4) is 0 Å². The lowest BCUT2D eigenvalue weighted by Gasteiger charge is -2.19. The fourth-order valence-electron chi connectivity index (χ4n) is 2.50. The molecule has 3 aromatic rings. The Kier molecular flexibility index (Phi) is 4.40. The summed E-state index contributed by atoms with van der Waals surface area (Å²) in [5.74, 6) is 0.945. The van der Waals surface area contributed by atoms with Crippen LogP contribution in [0.5, 0.6) is 11.5 Å². The van der Waals surface area contributed by atoms with Crippen molar-refractivity contribution in [2.24, 2.45) is 0 Å². The number of ether oxygens (including phenoxy) is 2. The van der Waals surface area contributed by atoms with Crippen molar-refractivity contribution in [2.75, 3.05) is 13.2 Å². The van der Waals surface area contributed by atoms with Crippen molar-refractivity contribution in [3.8, 4) is 11.5 Å². The molecule has 0 amide bonds. The average molecular weight is 390 g/mol. The van der Waals surface area contributed by atoms with Crippen molar-refractivity contribution in [3.63, 3.8) is 0 Å². The number of hydrogen-bond acceptors (Lipinski definition) is 6. The molecule has 0 saturated heterocycles. The molecular weight excluding hydrogens is 378 g/mol. The van der Waals surface area contributed by atoms with Gasteiger partial charge >= 0.3 is 0 Å². The molecule has 1 aliphatic heterocycles. The van der Waals surface area contributed by atoms with Crippen LogP contribution in [0.25, 0.3) is 12.2 Å². The lowest BCUT2D eigenvalue weighted by atomic mass is 10.2. The molecule has 0 bridgehead atoms. The highest BCUT2D eigenvalue weighted by molar-refractivity contribution is 7.07. The number of carbonyl (C=O) groups excluding carboxylic acids is 1. The highest BCUT2D eigenvalue weighted by Gasteiger charge is 2.16. The van der Waals surface area contributed by atoms with Crippen LogP contribution in [-0.2, 0) is 0 Å². The van der Waals surface area contributed by atoms with Gasteiger partial charge < -0.3 is 18.9 Å². The molecule has 0 fully saturated rings. The van der Waals surface area contributed by atoms with Crippen LogP contribution in [-0.4, -0.2) is 24.0 Å². The predicted octanol–water partition coefficient (Wildman–Crippen LogP) is 1.95. The second kappa shape index (κ2) is 6.86. The third-order valence-corrected chi connectivity index (χ3v) is 4.87. The Labute approximate surface area is 155 Å². The lowest BCUT2D eigenvalue weighted by Crippen LogP contribution is -2.20. The van der Waals surface area contributed by atoms with E-state index < -0.39 is 0 Å². The van der Waals surface area contributed by atoms with Crippen LogP contribution in [0.4, 0.5) is 0 Å². The second-order valence-electron chi connectivity index (χ2n) is 5.44. The summed E-state index contributed by atoms with van der Waals surface area (Å²) in [6.07, 6.45) is 4.43. The van der Waals surface area contributed by atoms with Gasteiger partial charge in [0.1, 0.15) is 13.2 Å². The van der Waals surface area contributed by atoms with E-state index in [0.717, 1.165) is 0 Å². The van der Waals surface area contributed by atoms with Crippen LogP contribution in [0, 0.1) is 0 Å². The summed E-state index contributed by atoms with van der Waals surface area (Å²) >= 11 is 7.38. The molecule has 2 aromatic heterocycles. The van der Waals surface area contributed by atoms with Gasteiger partial charge in [-0.25, -0.2) is 0 Å². The van der Waals surface area contributed by atoms with Crippen molar-refractivity contribution in [1.82, 2.24) is 4.98 Å². The number of ketones is 1. The highest BCUT2D eigenvalue weighted by atomic mass is 35.5. The zero-order chi connectivity index (χ0) is 18.1. The molecule has 0 aliphatic carbocycles. The Bertz CT molecular complexity index is 1140. The first-order chi connectivity index (χ1) is 12.6. The summed E-state index contributed by atoms with van der Waals surface area (Å²) in [5, 5.41) is 0.418. The summed E-state index contributed by atoms with van der Waals surface area (Å²) in [7, 11) is 0. The number of thiazole rings is 1. The van der Waals surface area contributed by atoms with E-state index >= 15 is 0 Å². The Balaban J connectivity index is 1.73. The molecule has 0 unspecified atom stereocenters. The van der Waals surface area contributed by atoms with Gasteiger partial charge in [-0.05, 0) is 35.9 Å². The third kappa shape index (κ3) is 3.31. The van der Waals surface area contributed by atoms with Crippen LogP contribution in [0.15, 0.2) is 39.7 Å². The zero-order valence-corrected chi connectivity index (χ0v) is 14.9. The number of rotatable bonds is 3. The molecule has 0 radical (unpaired) electrons. The van der Waals surface area contributed by atoms with Crippen LogP contribution >= 0.6 is 22.9 Å². The topological polar surface area (TPSA) is 81.5 Å². The van der Waals surface area contributed by atoms with Gasteiger partial charge in [0.15, 0.2) is 17.3 Å². The average Bonchev–Trinajstić information content (AvgIpc) is 3.26. The maximum absolute atomic E-state index is 12.2. The molecular formula is C18H12ClNO5S. The number of hydrogen-bond donors (Lipinski definition) is 1. The standard InChI is InChI=1S/C18H12ClNO5S/c19-11-6-10(7-14-17(11)25-5-4-24-14)8-15-18(22)20-16(26-15)9-12(21)13-2-1-3-23-13/h1-3,6-9H,4-5H2,(H,20,22)/b15-8-,16-9-. The predicted molar refractivity (Wildman–Crippen MR) is 97.7 cm³/mol. The largest absolute Gasteiger partial charge is 0.486 e. The van der Waals surface area contributed by atoms with Crippen molar-refractivity contribution >= 4 is 40.9 Å². The Hall–Kier alpha value is -2.77. The number of halogens is 1. The minimum Gasteiger partial charge on any atom is -0.486 e. The van der Waals surface area contributed by atoms with E-state index in [2.05, 4.69) is 4.98 Å². The van der Waals surface area contributed by atoms with Gasteiger partial charge in [-0.15, -0.1) is 11.3 Å². The highest BCUT2D eigenvalue weighted by Crippen LogP contribution is 2.38. The number of H-pyrrole nitrogens is 1. The molecule has 4 rings (SSSR count). The van der Waals surface area contributed by atoms with Gasteiger partial charge in [-0.1, -0.05) is 11.6 Å². The molecule has 132 valence electrons. The SMILES string of the molecule is O=C(/C=c1/[nH]c(=O)/c(=C/c2cc(Cl)c3c(c2)OCCO3)s1)c1ccco1. The Morgan fingerprint density at radius 3 is 2.92 bits per heavy atom. The van der Waals surface area contributed by atoms with E-state index in [4.69, 9.17) is 25.5 Å². The summed E-state index contributed by atoms with van der Waals surface area (Å²) in [5.41, 5.74) is 0.412. The number of aromatic nitrogens is 1. The van der Waals surface area contributed by atoms with Gasteiger partial charge in [0.25, 0.3) is 5.56 Å². The van der Waals surface area contributed by atoms with Gasteiger partial charge in [0.05, 0.1) is 20.5 Å². The van der Waals surface area contributed by atoms with Gasteiger partial charge in [-0.3, -0.25) is 9.59 Å². The van der Waals surface area contributed by atoms with Crippen molar-refractivity contribution in [3.05, 3.63) is 66.4 Å². The zero-order valence-electron chi connectivity index (χ0n) is 13.3. The molecule has 1 aliphatic rings. The molecule has 3 heterocycles. The van der Waals surface area contributed by atoms with Crippen LogP contribution in [0.1, 0.15) is 16.1 Å². The first-order valence-electron chi connectivity index (χ1n) is 7.70. The van der Waals surface area contributed by atoms with Gasteiger partial charge in [0, 0.05) is 6.08 Å². The van der Waals surface area contributed by atoms with Crippen LogP contribution in [0.2, 0.25) is 5.02 Å². The minimum atomic E-state index is -0.318. The first-order valence-corrected chi connectivity index (χ1v) is 8.89. The number of Topliss-reactive ketones (excluding diaryl/α,β-unsaturated/α-hetero) is 1. The van der Waals surface area contributed by atoms with Crippen molar-refractivity contribution in [2.45, 2.75) is 0 Å². The number of furan rings is 1. The Morgan fingerprint density at radius 2 is 2.12 bits per heavy atom. The summed E-state index contributed by atoms with van der Waals surface area (Å²) in [6.45, 7) is 0.892. The molecule has 1 aromatic carbocycles.